The Balaban J connectivity index is 4.07. The molecule has 0 rings (SSSR count). The van der Waals surface area contributed by atoms with E-state index in [1.165, 1.54) is 244 Å². The van der Waals surface area contributed by atoms with Crippen molar-refractivity contribution < 1.29 is 32.9 Å². The molecule has 1 amide bonds. The fourth-order valence-electron chi connectivity index (χ4n) is 9.43. The molecule has 9 heteroatoms. The van der Waals surface area contributed by atoms with Crippen LogP contribution < -0.4 is 5.32 Å². The van der Waals surface area contributed by atoms with Crippen molar-refractivity contribution in [2.75, 3.05) is 40.9 Å². The van der Waals surface area contributed by atoms with Gasteiger partial charge in [0.25, 0.3) is 0 Å². The van der Waals surface area contributed by atoms with E-state index in [1.54, 1.807) is 6.08 Å². The van der Waals surface area contributed by atoms with Gasteiger partial charge in [-0.1, -0.05) is 294 Å². The first kappa shape index (κ1) is 70.7. The van der Waals surface area contributed by atoms with Crippen molar-refractivity contribution in [2.45, 2.75) is 321 Å². The monoisotopic (exact) mass is 1040 g/mol. The molecular formula is C63H124N2O6P+. The van der Waals surface area contributed by atoms with Crippen molar-refractivity contribution in [2.24, 2.45) is 0 Å². The van der Waals surface area contributed by atoms with Crippen LogP contribution in [0, 0.1) is 0 Å². The van der Waals surface area contributed by atoms with E-state index in [0.29, 0.717) is 17.4 Å². The lowest BCUT2D eigenvalue weighted by atomic mass is 10.0. The fraction of sp³-hybridized carbons (Fsp3) is 0.889. The smallest absolute Gasteiger partial charge is 0.387 e. The molecule has 0 aliphatic carbocycles. The molecule has 0 saturated heterocycles. The van der Waals surface area contributed by atoms with Crippen molar-refractivity contribution in [1.82, 2.24) is 5.32 Å². The van der Waals surface area contributed by atoms with Crippen molar-refractivity contribution >= 4 is 13.7 Å². The van der Waals surface area contributed by atoms with Crippen molar-refractivity contribution in [3.05, 3.63) is 36.5 Å². The average molecular weight is 1040 g/mol. The molecule has 0 radical (unpaired) electrons. The molecule has 0 bridgehead atoms. The molecule has 3 atom stereocenters. The number of phosphoric ester groups is 1. The first-order valence-corrected chi connectivity index (χ1v) is 32.9. The largest absolute Gasteiger partial charge is 0.472 e. The lowest BCUT2D eigenvalue weighted by Gasteiger charge is -2.25. The molecule has 0 spiro atoms. The minimum atomic E-state index is -4.36. The zero-order valence-electron chi connectivity index (χ0n) is 48.7. The molecule has 3 N–H and O–H groups in total. The predicted molar refractivity (Wildman–Crippen MR) is 314 cm³/mol. The van der Waals surface area contributed by atoms with Crippen molar-refractivity contribution in [1.29, 1.82) is 0 Å². The highest BCUT2D eigenvalue weighted by molar-refractivity contribution is 7.47. The van der Waals surface area contributed by atoms with Gasteiger partial charge in [-0.3, -0.25) is 13.8 Å². The maximum absolute atomic E-state index is 13.0. The van der Waals surface area contributed by atoms with Gasteiger partial charge < -0.3 is 19.8 Å². The summed E-state index contributed by atoms with van der Waals surface area (Å²) in [5.74, 6) is -0.185. The Morgan fingerprint density at radius 1 is 0.458 bits per heavy atom. The van der Waals surface area contributed by atoms with E-state index in [-0.39, 0.29) is 19.1 Å². The number of carbonyl (C=O) groups is 1. The zero-order chi connectivity index (χ0) is 52.7. The molecule has 426 valence electrons. The number of likely N-dealkylation sites (N-methyl/N-ethyl adjacent to an activating group) is 1. The van der Waals surface area contributed by atoms with E-state index in [2.05, 4.69) is 43.5 Å². The number of nitrogens with one attached hydrogen (secondary N) is 1. The number of phosphoric acid groups is 1. The zero-order valence-corrected chi connectivity index (χ0v) is 49.6. The molecule has 8 nitrogen and oxygen atoms in total. The van der Waals surface area contributed by atoms with Crippen LogP contribution in [-0.2, 0) is 18.4 Å². The van der Waals surface area contributed by atoms with Crippen LogP contribution in [0.5, 0.6) is 0 Å². The van der Waals surface area contributed by atoms with Crippen LogP contribution in [0.4, 0.5) is 0 Å². The van der Waals surface area contributed by atoms with E-state index in [1.807, 2.05) is 27.2 Å². The van der Waals surface area contributed by atoms with Crippen molar-refractivity contribution in [3.63, 3.8) is 0 Å². The second-order valence-corrected chi connectivity index (χ2v) is 24.2. The predicted octanol–water partition coefficient (Wildman–Crippen LogP) is 19.3. The van der Waals surface area contributed by atoms with Gasteiger partial charge in [0.1, 0.15) is 13.2 Å². The van der Waals surface area contributed by atoms with E-state index >= 15 is 0 Å². The third kappa shape index (κ3) is 56.4. The molecule has 0 aromatic carbocycles. The van der Waals surface area contributed by atoms with Crippen LogP contribution in [-0.4, -0.2) is 73.4 Å². The number of allylic oxidation sites excluding steroid dienone is 5. The van der Waals surface area contributed by atoms with Gasteiger partial charge in [-0.05, 0) is 44.9 Å². The summed E-state index contributed by atoms with van der Waals surface area (Å²) in [6.45, 7) is 4.82. The lowest BCUT2D eigenvalue weighted by Crippen LogP contribution is -2.45. The maximum Gasteiger partial charge on any atom is 0.472 e. The Hall–Kier alpha value is -1.28. The highest BCUT2D eigenvalue weighted by Gasteiger charge is 2.27. The van der Waals surface area contributed by atoms with Gasteiger partial charge in [0.2, 0.25) is 5.91 Å². The molecule has 0 aromatic rings. The average Bonchev–Trinajstić information content (AvgIpc) is 3.34. The van der Waals surface area contributed by atoms with E-state index < -0.39 is 20.0 Å². The van der Waals surface area contributed by atoms with Crippen LogP contribution in [0.25, 0.3) is 0 Å². The lowest BCUT2D eigenvalue weighted by molar-refractivity contribution is -0.870. The second kappa shape index (κ2) is 54.5. The second-order valence-electron chi connectivity index (χ2n) is 22.8. The van der Waals surface area contributed by atoms with Crippen LogP contribution in [0.3, 0.4) is 0 Å². The Kier molecular flexibility index (Phi) is 53.5. The Bertz CT molecular complexity index is 1270. The minimum absolute atomic E-state index is 0.0551. The van der Waals surface area contributed by atoms with Crippen molar-refractivity contribution in [3.8, 4) is 0 Å². The summed E-state index contributed by atoms with van der Waals surface area (Å²) in [4.78, 5) is 23.3. The number of amides is 1. The molecule has 0 saturated carbocycles. The molecule has 0 heterocycles. The summed E-state index contributed by atoms with van der Waals surface area (Å²) in [5.41, 5.74) is 0. The van der Waals surface area contributed by atoms with Gasteiger partial charge in [0.15, 0.2) is 0 Å². The van der Waals surface area contributed by atoms with Crippen LogP contribution in [0.15, 0.2) is 36.5 Å². The normalized spacial score (nSPS) is 14.0. The number of rotatable bonds is 58. The number of quaternary nitrogens is 1. The number of aliphatic hydroxyl groups is 1. The minimum Gasteiger partial charge on any atom is -0.387 e. The summed E-state index contributed by atoms with van der Waals surface area (Å²) < 4.78 is 23.7. The quantitative estimate of drug-likeness (QED) is 0.0243. The van der Waals surface area contributed by atoms with E-state index in [9.17, 15) is 19.4 Å². The van der Waals surface area contributed by atoms with Gasteiger partial charge in [0, 0.05) is 6.42 Å². The summed E-state index contributed by atoms with van der Waals surface area (Å²) in [5, 5.41) is 13.9. The number of nitrogens with zero attached hydrogens (tertiary/aromatic N) is 1. The summed E-state index contributed by atoms with van der Waals surface area (Å²) >= 11 is 0. The third-order valence-electron chi connectivity index (χ3n) is 14.3. The molecule has 0 fully saturated rings. The first-order valence-electron chi connectivity index (χ1n) is 31.4. The van der Waals surface area contributed by atoms with Gasteiger partial charge in [-0.2, -0.15) is 0 Å². The molecule has 72 heavy (non-hydrogen) atoms. The maximum atomic E-state index is 13.0. The number of carbonyl (C=O) groups excluding carboxylic acids is 1. The van der Waals surface area contributed by atoms with Crippen LogP contribution in [0.2, 0.25) is 0 Å². The van der Waals surface area contributed by atoms with Gasteiger partial charge in [0.05, 0.1) is 39.9 Å². The van der Waals surface area contributed by atoms with E-state index in [4.69, 9.17) is 9.05 Å². The number of hydrogen-bond acceptors (Lipinski definition) is 5. The Morgan fingerprint density at radius 3 is 1.11 bits per heavy atom. The summed E-state index contributed by atoms with van der Waals surface area (Å²) in [7, 11) is 1.56. The molecular weight excluding hydrogens is 912 g/mol. The summed E-state index contributed by atoms with van der Waals surface area (Å²) in [6, 6.07) is -0.868. The molecule has 0 aromatic heterocycles. The topological polar surface area (TPSA) is 105 Å². The Labute approximate surface area is 448 Å². The highest BCUT2D eigenvalue weighted by Crippen LogP contribution is 2.43. The Morgan fingerprint density at radius 2 is 0.764 bits per heavy atom. The van der Waals surface area contributed by atoms with Gasteiger partial charge in [-0.15, -0.1) is 0 Å². The van der Waals surface area contributed by atoms with Crippen LogP contribution >= 0.6 is 7.82 Å². The summed E-state index contributed by atoms with van der Waals surface area (Å²) in [6.07, 6.45) is 71.4. The molecule has 3 unspecified atom stereocenters. The van der Waals surface area contributed by atoms with Crippen LogP contribution in [0.1, 0.15) is 309 Å². The molecule has 0 aliphatic rings. The van der Waals surface area contributed by atoms with E-state index in [0.717, 1.165) is 44.9 Å². The van der Waals surface area contributed by atoms with Gasteiger partial charge >= 0.3 is 7.82 Å². The standard InChI is InChI=1S/C63H123N2O6P/c1-6-8-10-12-14-16-18-20-22-24-26-27-28-29-30-31-32-33-34-35-36-37-38-39-41-43-45-47-49-51-53-55-57-63(67)64-61(60-71-72(68,69)70-59-58-65(3,4)5)62(66)56-54-52-50-48-46-44-42-40-25-23-21-19-17-15-13-11-9-7-2/h25,40,46,48,54,56,61-62,66H,6-24,26-39,41-45,47,49-53,55,57-60H2,1-5H3,(H-,64,67,68,69)/p+1/b40-25+,48-46+,56-54+. The van der Waals surface area contributed by atoms with Gasteiger partial charge in [-0.25, -0.2) is 4.57 Å². The number of hydrogen-bond donors (Lipinski definition) is 3. The SMILES string of the molecule is CCCCCCCCCC/C=C/CC/C=C/CC/C=C/C(O)C(COP(=O)(O)OCC[N+](C)(C)C)NC(=O)CCCCCCCCCCCCCCCCCCCCCCCCCCCCCCCCCC. The fourth-order valence-corrected chi connectivity index (χ4v) is 10.2. The number of unbranched alkanes of at least 4 members (excludes halogenated alkanes) is 41. The highest BCUT2D eigenvalue weighted by atomic mass is 31.2. The third-order valence-corrected chi connectivity index (χ3v) is 15.3. The molecule has 0 aliphatic heterocycles. The number of aliphatic hydroxyl groups excluding tert-OH is 1. The first-order chi connectivity index (χ1) is 35.0.